The average molecular weight is 476 g/mol. The average Bonchev–Trinajstić information content (AvgIpc) is 3.30. The second-order valence-electron chi connectivity index (χ2n) is 7.37. The number of carbonyl (C=O) groups is 2. The summed E-state index contributed by atoms with van der Waals surface area (Å²) in [7, 11) is -3.25. The smallest absolute Gasteiger partial charge is 0.342 e. The molecule has 0 saturated heterocycles. The molecule has 3 rings (SSSR count). The summed E-state index contributed by atoms with van der Waals surface area (Å²) >= 11 is 1.26. The molecule has 3 aromatic rings. The number of sulfonamides is 1. The maximum Gasteiger partial charge on any atom is 0.342 e. The zero-order valence-electron chi connectivity index (χ0n) is 18.1. The van der Waals surface area contributed by atoms with Gasteiger partial charge in [0, 0.05) is 11.4 Å². The van der Waals surface area contributed by atoms with Gasteiger partial charge in [0.05, 0.1) is 29.1 Å². The van der Waals surface area contributed by atoms with E-state index in [9.17, 15) is 18.0 Å². The van der Waals surface area contributed by atoms with Crippen LogP contribution >= 0.6 is 11.3 Å². The van der Waals surface area contributed by atoms with E-state index in [-0.39, 0.29) is 18.9 Å². The molecule has 0 aliphatic rings. The molecule has 0 saturated carbocycles. The van der Waals surface area contributed by atoms with Crippen LogP contribution in [0.15, 0.2) is 42.5 Å². The third-order valence-electron chi connectivity index (χ3n) is 4.77. The summed E-state index contributed by atoms with van der Waals surface area (Å²) in [5.41, 5.74) is 2.66. The lowest BCUT2D eigenvalue weighted by Gasteiger charge is -2.06. The third kappa shape index (κ3) is 6.35. The number of aromatic nitrogens is 2. The van der Waals surface area contributed by atoms with Crippen molar-refractivity contribution in [3.05, 3.63) is 74.7 Å². The molecular formula is C22H25N3O5S2. The number of hydrogen-bond donors (Lipinski definition) is 1. The Bertz CT molecular complexity index is 1210. The fraction of sp³-hybridized carbons (Fsp3) is 0.318. The summed E-state index contributed by atoms with van der Waals surface area (Å²) < 4.78 is 31.7. The van der Waals surface area contributed by atoms with Crippen LogP contribution in [0.5, 0.6) is 0 Å². The van der Waals surface area contributed by atoms with Crippen molar-refractivity contribution in [2.75, 3.05) is 19.4 Å². The molecule has 1 N–H and O–H groups in total. The van der Waals surface area contributed by atoms with Gasteiger partial charge in [0.2, 0.25) is 15.8 Å². The Morgan fingerprint density at radius 3 is 2.53 bits per heavy atom. The van der Waals surface area contributed by atoms with Gasteiger partial charge in [0.1, 0.15) is 5.56 Å². The van der Waals surface area contributed by atoms with Gasteiger partial charge in [-0.3, -0.25) is 9.48 Å². The summed E-state index contributed by atoms with van der Waals surface area (Å²) in [6, 6.07) is 13.2. The van der Waals surface area contributed by atoms with E-state index in [1.165, 1.54) is 11.3 Å². The molecule has 0 unspecified atom stereocenters. The minimum Gasteiger partial charge on any atom is -0.454 e. The first-order valence-corrected chi connectivity index (χ1v) is 12.7. The highest BCUT2D eigenvalue weighted by molar-refractivity contribution is 7.88. The zero-order valence-corrected chi connectivity index (χ0v) is 19.8. The summed E-state index contributed by atoms with van der Waals surface area (Å²) in [6.45, 7) is 3.96. The maximum atomic E-state index is 12.6. The van der Waals surface area contributed by atoms with Gasteiger partial charge in [-0.2, -0.15) is 5.10 Å². The van der Waals surface area contributed by atoms with Gasteiger partial charge in [-0.15, -0.1) is 11.3 Å². The fourth-order valence-electron chi connectivity index (χ4n) is 3.20. The van der Waals surface area contributed by atoms with E-state index >= 15 is 0 Å². The normalized spacial score (nSPS) is 11.5. The SMILES string of the molecule is Cc1nn(Cc2ccccc2)c(C)c1C(=O)OCC(=O)c1ccc(CCNS(C)(=O)=O)s1. The Kier molecular flexibility index (Phi) is 7.60. The molecule has 0 amide bonds. The van der Waals surface area contributed by atoms with Crippen molar-refractivity contribution in [3.63, 3.8) is 0 Å². The topological polar surface area (TPSA) is 107 Å². The summed E-state index contributed by atoms with van der Waals surface area (Å²) in [6.07, 6.45) is 1.57. The van der Waals surface area contributed by atoms with Crippen molar-refractivity contribution < 1.29 is 22.7 Å². The van der Waals surface area contributed by atoms with E-state index in [0.717, 1.165) is 16.7 Å². The van der Waals surface area contributed by atoms with Crippen LogP contribution in [0.3, 0.4) is 0 Å². The number of rotatable bonds is 10. The number of hydrogen-bond acceptors (Lipinski definition) is 7. The molecule has 0 aliphatic carbocycles. The lowest BCUT2D eigenvalue weighted by atomic mass is 10.2. The van der Waals surface area contributed by atoms with Crippen molar-refractivity contribution in [2.45, 2.75) is 26.8 Å². The van der Waals surface area contributed by atoms with E-state index in [0.29, 0.717) is 34.8 Å². The summed E-state index contributed by atoms with van der Waals surface area (Å²) in [4.78, 5) is 26.4. The number of Topliss-reactive ketones (excluding diaryl/α,β-unsaturated/α-hetero) is 1. The Balaban J connectivity index is 1.58. The standard InChI is InChI=1S/C22H25N3O5S2/c1-15-21(16(2)25(24-15)13-17-7-5-4-6-8-17)22(27)30-14-19(26)20-10-9-18(31-20)11-12-23-32(3,28)29/h4-10,23H,11-14H2,1-3H3. The predicted molar refractivity (Wildman–Crippen MR) is 123 cm³/mol. The van der Waals surface area contributed by atoms with Crippen molar-refractivity contribution in [1.29, 1.82) is 0 Å². The first kappa shape index (κ1) is 23.8. The molecule has 0 atom stereocenters. The molecule has 32 heavy (non-hydrogen) atoms. The Hall–Kier alpha value is -2.82. The summed E-state index contributed by atoms with van der Waals surface area (Å²) in [5.74, 6) is -0.889. The predicted octanol–water partition coefficient (Wildman–Crippen LogP) is 2.74. The molecule has 2 aromatic heterocycles. The van der Waals surface area contributed by atoms with Gasteiger partial charge >= 0.3 is 5.97 Å². The lowest BCUT2D eigenvalue weighted by Crippen LogP contribution is -2.24. The number of esters is 1. The highest BCUT2D eigenvalue weighted by atomic mass is 32.2. The first-order chi connectivity index (χ1) is 15.1. The Morgan fingerprint density at radius 1 is 1.12 bits per heavy atom. The Labute approximate surface area is 191 Å². The number of nitrogens with one attached hydrogen (secondary N) is 1. The monoisotopic (exact) mass is 475 g/mol. The third-order valence-corrected chi connectivity index (χ3v) is 6.68. The van der Waals surface area contributed by atoms with E-state index < -0.39 is 16.0 Å². The fourth-order valence-corrected chi connectivity index (χ4v) is 4.60. The van der Waals surface area contributed by atoms with E-state index in [1.807, 2.05) is 30.3 Å². The molecule has 8 nitrogen and oxygen atoms in total. The quantitative estimate of drug-likeness (QED) is 0.357. The highest BCUT2D eigenvalue weighted by Crippen LogP contribution is 2.19. The number of ether oxygens (including phenoxy) is 1. The molecule has 0 spiro atoms. The van der Waals surface area contributed by atoms with Crippen LogP contribution in [0.25, 0.3) is 0 Å². The van der Waals surface area contributed by atoms with Crippen LogP contribution < -0.4 is 4.72 Å². The van der Waals surface area contributed by atoms with Crippen LogP contribution in [0.1, 0.15) is 41.9 Å². The van der Waals surface area contributed by atoms with Crippen molar-refractivity contribution in [1.82, 2.24) is 14.5 Å². The van der Waals surface area contributed by atoms with Crippen molar-refractivity contribution >= 4 is 33.1 Å². The molecule has 170 valence electrons. The van der Waals surface area contributed by atoms with E-state index in [2.05, 4.69) is 9.82 Å². The van der Waals surface area contributed by atoms with Crippen molar-refractivity contribution in [3.8, 4) is 0 Å². The number of nitrogens with zero attached hydrogens (tertiary/aromatic N) is 2. The molecule has 10 heteroatoms. The van der Waals surface area contributed by atoms with Crippen LogP contribution in [0.4, 0.5) is 0 Å². The number of aryl methyl sites for hydroxylation is 1. The van der Waals surface area contributed by atoms with Gasteiger partial charge in [0.15, 0.2) is 6.61 Å². The molecular weight excluding hydrogens is 450 g/mol. The molecule has 1 aromatic carbocycles. The number of carbonyl (C=O) groups excluding carboxylic acids is 2. The largest absolute Gasteiger partial charge is 0.454 e. The van der Waals surface area contributed by atoms with Gasteiger partial charge < -0.3 is 4.74 Å². The second-order valence-corrected chi connectivity index (χ2v) is 10.4. The summed E-state index contributed by atoms with van der Waals surface area (Å²) in [5, 5.41) is 4.45. The van der Waals surface area contributed by atoms with Crippen LogP contribution in [0, 0.1) is 13.8 Å². The minimum absolute atomic E-state index is 0.257. The zero-order chi connectivity index (χ0) is 23.3. The van der Waals surface area contributed by atoms with Crippen LogP contribution in [0.2, 0.25) is 0 Å². The molecule has 0 bridgehead atoms. The molecule has 0 fully saturated rings. The van der Waals surface area contributed by atoms with Gasteiger partial charge in [0.25, 0.3) is 0 Å². The minimum atomic E-state index is -3.25. The maximum absolute atomic E-state index is 12.6. The molecule has 0 aliphatic heterocycles. The molecule has 2 heterocycles. The number of ketones is 1. The van der Waals surface area contributed by atoms with E-state index in [1.54, 1.807) is 30.7 Å². The van der Waals surface area contributed by atoms with Crippen LogP contribution in [-0.4, -0.2) is 49.4 Å². The Morgan fingerprint density at radius 2 is 1.84 bits per heavy atom. The number of benzene rings is 1. The van der Waals surface area contributed by atoms with Crippen molar-refractivity contribution in [2.24, 2.45) is 0 Å². The highest BCUT2D eigenvalue weighted by Gasteiger charge is 2.21. The second kappa shape index (κ2) is 10.2. The van der Waals surface area contributed by atoms with Gasteiger partial charge in [-0.05, 0) is 38.0 Å². The van der Waals surface area contributed by atoms with Crippen LogP contribution in [-0.2, 0) is 27.7 Å². The number of thiophene rings is 1. The first-order valence-electron chi connectivity index (χ1n) is 9.95. The molecule has 0 radical (unpaired) electrons. The van der Waals surface area contributed by atoms with Gasteiger partial charge in [-0.1, -0.05) is 30.3 Å². The van der Waals surface area contributed by atoms with E-state index in [4.69, 9.17) is 4.74 Å². The lowest BCUT2D eigenvalue weighted by molar-refractivity contribution is 0.0474. The van der Waals surface area contributed by atoms with Gasteiger partial charge in [-0.25, -0.2) is 17.9 Å².